The maximum atomic E-state index is 14.9. The third-order valence-corrected chi connectivity index (χ3v) is 10.3. The Morgan fingerprint density at radius 2 is 1.47 bits per heavy atom. The van der Waals surface area contributed by atoms with Gasteiger partial charge in [0.15, 0.2) is 0 Å². The van der Waals surface area contributed by atoms with Crippen molar-refractivity contribution in [2.75, 3.05) is 6.61 Å². The van der Waals surface area contributed by atoms with Gasteiger partial charge in [0.05, 0.1) is 11.8 Å². The topological polar surface area (TPSA) is 67.9 Å². The average molecular weight is 478 g/mol. The molecule has 1 amide bonds. The van der Waals surface area contributed by atoms with Gasteiger partial charge in [0.1, 0.15) is 19.9 Å². The smallest absolute Gasteiger partial charge is 0.407 e. The molecular weight excluding hydrogens is 445 g/mol. The first-order valence-corrected chi connectivity index (χ1v) is 13.6. The molecule has 178 valence electrons. The largest absolute Gasteiger partial charge is 0.447 e. The van der Waals surface area contributed by atoms with E-state index < -0.39 is 13.2 Å². The van der Waals surface area contributed by atoms with E-state index in [-0.39, 0.29) is 30.4 Å². The number of nitrogens with one attached hydrogen (secondary N) is 1. The number of rotatable bonds is 10. The van der Waals surface area contributed by atoms with Gasteiger partial charge in [-0.05, 0) is 11.5 Å². The van der Waals surface area contributed by atoms with Crippen molar-refractivity contribution in [3.8, 4) is 0 Å². The lowest BCUT2D eigenvalue weighted by molar-refractivity contribution is 0.135. The second kappa shape index (κ2) is 11.0. The molecule has 4 atom stereocenters. The lowest BCUT2D eigenvalue weighted by Gasteiger charge is -2.32. The van der Waals surface area contributed by atoms with Crippen LogP contribution in [0.15, 0.2) is 91.0 Å². The van der Waals surface area contributed by atoms with Gasteiger partial charge < -0.3 is 19.4 Å². The minimum Gasteiger partial charge on any atom is -0.447 e. The van der Waals surface area contributed by atoms with Crippen LogP contribution in [-0.2, 0) is 20.6 Å². The third kappa shape index (κ3) is 5.43. The summed E-state index contributed by atoms with van der Waals surface area (Å²) in [4.78, 5) is 12.2. The molecule has 0 radical (unpaired) electrons. The Bertz CT molecular complexity index is 1060. The summed E-state index contributed by atoms with van der Waals surface area (Å²) in [6.07, 6.45) is -0.0999. The summed E-state index contributed by atoms with van der Waals surface area (Å²) < 4.78 is 26.4. The monoisotopic (exact) mass is 477 g/mol. The Hall–Kier alpha value is -2.88. The van der Waals surface area contributed by atoms with Crippen LogP contribution in [0, 0.1) is 5.92 Å². The zero-order valence-corrected chi connectivity index (χ0v) is 20.6. The van der Waals surface area contributed by atoms with Crippen molar-refractivity contribution in [2.45, 2.75) is 44.7 Å². The van der Waals surface area contributed by atoms with Crippen molar-refractivity contribution in [2.24, 2.45) is 5.92 Å². The first-order valence-electron chi connectivity index (χ1n) is 11.8. The maximum absolute atomic E-state index is 14.9. The van der Waals surface area contributed by atoms with Crippen molar-refractivity contribution < 1.29 is 18.8 Å². The van der Waals surface area contributed by atoms with E-state index in [1.54, 1.807) is 0 Å². The van der Waals surface area contributed by atoms with Crippen LogP contribution < -0.4 is 15.9 Å². The van der Waals surface area contributed by atoms with E-state index in [2.05, 4.69) is 19.2 Å². The molecule has 3 aromatic carbocycles. The fourth-order valence-electron chi connectivity index (χ4n) is 4.49. The van der Waals surface area contributed by atoms with E-state index in [1.807, 2.05) is 91.0 Å². The molecular formula is C28H32NO4P. The molecule has 0 saturated carbocycles. The molecule has 1 aliphatic heterocycles. The van der Waals surface area contributed by atoms with Gasteiger partial charge in [-0.25, -0.2) is 4.79 Å². The summed E-state index contributed by atoms with van der Waals surface area (Å²) in [5, 5.41) is 4.44. The van der Waals surface area contributed by atoms with Crippen LogP contribution in [-0.4, -0.2) is 30.6 Å². The Morgan fingerprint density at radius 3 is 2.00 bits per heavy atom. The van der Waals surface area contributed by atoms with E-state index in [1.165, 1.54) is 0 Å². The van der Waals surface area contributed by atoms with Crippen LogP contribution in [0.4, 0.5) is 4.79 Å². The number of alkyl carbamates (subject to hydrolysis) is 1. The number of ether oxygens (including phenoxy) is 2. The number of benzene rings is 3. The second-order valence-electron chi connectivity index (χ2n) is 8.78. The molecule has 1 aliphatic rings. The fraction of sp³-hybridized carbons (Fsp3) is 0.321. The lowest BCUT2D eigenvalue weighted by atomic mass is 10.0. The van der Waals surface area contributed by atoms with Crippen LogP contribution in [0.3, 0.4) is 0 Å². The zero-order valence-electron chi connectivity index (χ0n) is 19.7. The van der Waals surface area contributed by atoms with E-state index in [0.717, 1.165) is 22.6 Å². The quantitative estimate of drug-likeness (QED) is 0.326. The van der Waals surface area contributed by atoms with Gasteiger partial charge in [0, 0.05) is 17.2 Å². The van der Waals surface area contributed by atoms with Crippen LogP contribution in [0.2, 0.25) is 0 Å². The van der Waals surface area contributed by atoms with Crippen LogP contribution in [0.5, 0.6) is 0 Å². The number of carbonyl (C=O) groups excluding carboxylic acids is 1. The van der Waals surface area contributed by atoms with E-state index in [0.29, 0.717) is 6.54 Å². The number of epoxide rings is 1. The summed E-state index contributed by atoms with van der Waals surface area (Å²) in [6.45, 7) is 4.79. The maximum Gasteiger partial charge on any atom is 0.407 e. The first kappa shape index (κ1) is 24.3. The third-order valence-electron chi connectivity index (χ3n) is 6.54. The van der Waals surface area contributed by atoms with Crippen molar-refractivity contribution in [1.82, 2.24) is 5.32 Å². The highest BCUT2D eigenvalue weighted by molar-refractivity contribution is 7.79. The minimum absolute atomic E-state index is 0.141. The molecule has 0 unspecified atom stereocenters. The highest BCUT2D eigenvalue weighted by Crippen LogP contribution is 2.57. The number of hydrogen-bond donors (Lipinski definition) is 1. The second-order valence-corrected chi connectivity index (χ2v) is 11.7. The van der Waals surface area contributed by atoms with Gasteiger partial charge in [-0.15, -0.1) is 0 Å². The molecule has 1 fully saturated rings. The zero-order chi connectivity index (χ0) is 24.0. The Labute approximate surface area is 201 Å². The average Bonchev–Trinajstić information content (AvgIpc) is 3.66. The molecule has 0 bridgehead atoms. The van der Waals surface area contributed by atoms with Crippen molar-refractivity contribution in [1.29, 1.82) is 0 Å². The van der Waals surface area contributed by atoms with Crippen LogP contribution >= 0.6 is 7.14 Å². The normalized spacial score (nSPS) is 19.1. The lowest BCUT2D eigenvalue weighted by Crippen LogP contribution is -2.35. The van der Waals surface area contributed by atoms with Gasteiger partial charge in [0.2, 0.25) is 0 Å². The number of hydrogen-bond acceptors (Lipinski definition) is 4. The molecule has 0 spiro atoms. The molecule has 0 aromatic heterocycles. The number of carbonyl (C=O) groups is 1. The molecule has 34 heavy (non-hydrogen) atoms. The molecule has 0 aliphatic carbocycles. The van der Waals surface area contributed by atoms with Crippen molar-refractivity contribution >= 4 is 23.8 Å². The van der Waals surface area contributed by atoms with Gasteiger partial charge in [-0.1, -0.05) is 111 Å². The molecule has 5 nitrogen and oxygen atoms in total. The summed E-state index contributed by atoms with van der Waals surface area (Å²) in [5.41, 5.74) is 0.798. The first-order chi connectivity index (χ1) is 16.5. The van der Waals surface area contributed by atoms with E-state index >= 15 is 0 Å². The summed E-state index contributed by atoms with van der Waals surface area (Å²) in [6, 6.07) is 29.1. The predicted molar refractivity (Wildman–Crippen MR) is 136 cm³/mol. The Morgan fingerprint density at radius 1 is 0.941 bits per heavy atom. The number of amides is 1. The molecule has 6 heteroatoms. The summed E-state index contributed by atoms with van der Waals surface area (Å²) >= 11 is 0. The van der Waals surface area contributed by atoms with Crippen LogP contribution in [0.25, 0.3) is 0 Å². The van der Waals surface area contributed by atoms with Crippen LogP contribution in [0.1, 0.15) is 25.8 Å². The molecule has 4 rings (SSSR count). The molecule has 3 aromatic rings. The fourth-order valence-corrected chi connectivity index (χ4v) is 8.31. The van der Waals surface area contributed by atoms with E-state index in [9.17, 15) is 9.36 Å². The van der Waals surface area contributed by atoms with Gasteiger partial charge in [-0.2, -0.15) is 0 Å². The summed E-state index contributed by atoms with van der Waals surface area (Å²) in [5.74, 6) is 0.160. The SMILES string of the molecule is CC[C@H](C)[C@H]([C@@H]1O[C@H]1COC(=O)NCc1ccccc1)P(=O)(c1ccccc1)c1ccccc1. The van der Waals surface area contributed by atoms with Crippen molar-refractivity contribution in [3.63, 3.8) is 0 Å². The van der Waals surface area contributed by atoms with Gasteiger partial charge in [0.25, 0.3) is 0 Å². The molecule has 1 heterocycles. The van der Waals surface area contributed by atoms with Gasteiger partial charge in [-0.3, -0.25) is 0 Å². The highest BCUT2D eigenvalue weighted by Gasteiger charge is 2.55. The minimum atomic E-state index is -3.02. The highest BCUT2D eigenvalue weighted by atomic mass is 31.2. The van der Waals surface area contributed by atoms with Gasteiger partial charge >= 0.3 is 6.09 Å². The van der Waals surface area contributed by atoms with Crippen molar-refractivity contribution in [3.05, 3.63) is 96.6 Å². The Kier molecular flexibility index (Phi) is 7.87. The standard InChI is InChI=1S/C28H32NO4P/c1-3-21(2)27(34(31,23-15-9-5-10-16-23)24-17-11-6-12-18-24)26-25(33-26)20-32-28(30)29-19-22-13-7-4-8-14-22/h4-18,21,25-27H,3,19-20H2,1-2H3,(H,29,30)/t21-,25-,26+,27+/m0/s1. The van der Waals surface area contributed by atoms with E-state index in [4.69, 9.17) is 9.47 Å². The summed E-state index contributed by atoms with van der Waals surface area (Å²) in [7, 11) is -3.02. The Balaban J connectivity index is 1.48. The predicted octanol–water partition coefficient (Wildman–Crippen LogP) is 5.11. The molecule has 1 N–H and O–H groups in total. The molecule has 1 saturated heterocycles.